The van der Waals surface area contributed by atoms with Crippen LogP contribution in [0.15, 0.2) is 0 Å². The molecule has 21 heavy (non-hydrogen) atoms. The zero-order valence-corrected chi connectivity index (χ0v) is 13.1. The quantitative estimate of drug-likeness (QED) is 0.701. The molecular weight excluding hydrogens is 266 g/mol. The highest BCUT2D eigenvalue weighted by atomic mass is 16.5. The molecule has 2 atom stereocenters. The van der Waals surface area contributed by atoms with Crippen LogP contribution in [0.5, 0.6) is 0 Å². The van der Waals surface area contributed by atoms with E-state index in [9.17, 15) is 4.79 Å². The van der Waals surface area contributed by atoms with Crippen LogP contribution in [0.2, 0.25) is 0 Å². The molecule has 0 aliphatic heterocycles. The van der Waals surface area contributed by atoms with Gasteiger partial charge in [0, 0.05) is 31.8 Å². The highest BCUT2D eigenvalue weighted by Crippen LogP contribution is 2.38. The van der Waals surface area contributed by atoms with Gasteiger partial charge in [0.2, 0.25) is 5.91 Å². The normalized spacial score (nSPS) is 33.3. The third-order valence-electron chi connectivity index (χ3n) is 5.29. The third kappa shape index (κ3) is 3.58. The molecule has 0 radical (unpaired) electrons. The van der Waals surface area contributed by atoms with Crippen molar-refractivity contribution in [3.05, 3.63) is 0 Å². The van der Waals surface area contributed by atoms with Crippen LogP contribution in [-0.4, -0.2) is 54.7 Å². The maximum atomic E-state index is 12.1. The number of methoxy groups -OCH3 is 1. The lowest BCUT2D eigenvalue weighted by atomic mass is 9.77. The van der Waals surface area contributed by atoms with Crippen molar-refractivity contribution in [2.75, 3.05) is 20.3 Å². The summed E-state index contributed by atoms with van der Waals surface area (Å²) in [6.45, 7) is 1.75. The number of nitrogens with one attached hydrogen (secondary N) is 1. The van der Waals surface area contributed by atoms with Crippen LogP contribution in [0.3, 0.4) is 0 Å². The number of carbonyl (C=O) groups excluding carboxylic acids is 1. The molecule has 3 aliphatic rings. The molecule has 0 bridgehead atoms. The fourth-order valence-electron chi connectivity index (χ4n) is 3.84. The number of nitrogens with two attached hydrogens (primary N) is 1. The van der Waals surface area contributed by atoms with Gasteiger partial charge < -0.3 is 15.8 Å². The standard InChI is InChI=1S/C16H29N3O2/c1-21-10-9-19(13-6-7-13)14-3-2-8-16(11-14,15(17)20)18-12-4-5-12/h12-14,18H,2-11H2,1H3,(H2,17,20). The largest absolute Gasteiger partial charge is 0.383 e. The lowest BCUT2D eigenvalue weighted by molar-refractivity contribution is -0.127. The Hall–Kier alpha value is -0.650. The molecule has 0 spiro atoms. The number of carbonyl (C=O) groups is 1. The first kappa shape index (κ1) is 15.3. The summed E-state index contributed by atoms with van der Waals surface area (Å²) in [6.07, 6.45) is 9.01. The second kappa shape index (κ2) is 6.23. The van der Waals surface area contributed by atoms with Gasteiger partial charge in [-0.15, -0.1) is 0 Å². The predicted octanol–water partition coefficient (Wildman–Crippen LogP) is 1.02. The number of amides is 1. The molecule has 3 aliphatic carbocycles. The Morgan fingerprint density at radius 3 is 2.62 bits per heavy atom. The molecule has 120 valence electrons. The van der Waals surface area contributed by atoms with E-state index in [0.29, 0.717) is 18.1 Å². The molecule has 5 heteroatoms. The lowest BCUT2D eigenvalue weighted by Gasteiger charge is -2.44. The Kier molecular flexibility index (Phi) is 4.52. The van der Waals surface area contributed by atoms with Crippen molar-refractivity contribution < 1.29 is 9.53 Å². The number of hydrogen-bond acceptors (Lipinski definition) is 4. The Morgan fingerprint density at radius 2 is 2.05 bits per heavy atom. The molecule has 0 aromatic carbocycles. The first-order chi connectivity index (χ1) is 10.1. The van der Waals surface area contributed by atoms with E-state index in [1.54, 1.807) is 7.11 Å². The van der Waals surface area contributed by atoms with Gasteiger partial charge in [-0.1, -0.05) is 0 Å². The van der Waals surface area contributed by atoms with Crippen LogP contribution in [0.4, 0.5) is 0 Å². The average Bonchev–Trinajstić information content (AvgIpc) is 3.34. The summed E-state index contributed by atoms with van der Waals surface area (Å²) < 4.78 is 5.27. The van der Waals surface area contributed by atoms with Crippen molar-refractivity contribution in [2.45, 2.75) is 75.0 Å². The van der Waals surface area contributed by atoms with Crippen molar-refractivity contribution in [1.29, 1.82) is 0 Å². The van der Waals surface area contributed by atoms with E-state index in [-0.39, 0.29) is 5.91 Å². The fraction of sp³-hybridized carbons (Fsp3) is 0.938. The van der Waals surface area contributed by atoms with Gasteiger partial charge in [-0.25, -0.2) is 0 Å². The van der Waals surface area contributed by atoms with Crippen LogP contribution in [0, 0.1) is 0 Å². The third-order valence-corrected chi connectivity index (χ3v) is 5.29. The number of ether oxygens (including phenoxy) is 1. The van der Waals surface area contributed by atoms with Crippen LogP contribution in [0.25, 0.3) is 0 Å². The molecule has 3 fully saturated rings. The first-order valence-electron chi connectivity index (χ1n) is 8.47. The van der Waals surface area contributed by atoms with Gasteiger partial charge in [-0.2, -0.15) is 0 Å². The van der Waals surface area contributed by atoms with E-state index in [0.717, 1.165) is 32.4 Å². The molecule has 0 saturated heterocycles. The summed E-state index contributed by atoms with van der Waals surface area (Å²) >= 11 is 0. The van der Waals surface area contributed by atoms with Crippen LogP contribution < -0.4 is 11.1 Å². The number of rotatable bonds is 8. The first-order valence-corrected chi connectivity index (χ1v) is 8.47. The number of primary amides is 1. The zero-order chi connectivity index (χ0) is 14.9. The molecule has 0 aromatic heterocycles. The summed E-state index contributed by atoms with van der Waals surface area (Å²) in [5, 5.41) is 3.57. The van der Waals surface area contributed by atoms with E-state index in [1.807, 2.05) is 0 Å². The molecule has 2 unspecified atom stereocenters. The Bertz CT molecular complexity index is 382. The molecule has 3 saturated carbocycles. The molecule has 0 heterocycles. The van der Waals surface area contributed by atoms with Crippen molar-refractivity contribution in [2.24, 2.45) is 5.73 Å². The average molecular weight is 295 g/mol. The van der Waals surface area contributed by atoms with Gasteiger partial charge >= 0.3 is 0 Å². The van der Waals surface area contributed by atoms with Crippen LogP contribution >= 0.6 is 0 Å². The van der Waals surface area contributed by atoms with Gasteiger partial charge in [0.15, 0.2) is 0 Å². The Balaban J connectivity index is 1.68. The minimum Gasteiger partial charge on any atom is -0.383 e. The van der Waals surface area contributed by atoms with Gasteiger partial charge in [0.05, 0.1) is 12.1 Å². The number of hydrogen-bond donors (Lipinski definition) is 2. The Morgan fingerprint density at radius 1 is 1.29 bits per heavy atom. The second-order valence-electron chi connectivity index (χ2n) is 7.08. The minimum absolute atomic E-state index is 0.151. The summed E-state index contributed by atoms with van der Waals surface area (Å²) in [7, 11) is 1.76. The van der Waals surface area contributed by atoms with Crippen molar-refractivity contribution in [3.63, 3.8) is 0 Å². The zero-order valence-electron chi connectivity index (χ0n) is 13.1. The second-order valence-corrected chi connectivity index (χ2v) is 7.08. The van der Waals surface area contributed by atoms with E-state index in [4.69, 9.17) is 10.5 Å². The van der Waals surface area contributed by atoms with Gasteiger partial charge in [-0.3, -0.25) is 9.69 Å². The van der Waals surface area contributed by atoms with Gasteiger partial charge in [0.1, 0.15) is 0 Å². The summed E-state index contributed by atoms with van der Waals surface area (Å²) in [6, 6.07) is 1.69. The highest BCUT2D eigenvalue weighted by molar-refractivity contribution is 5.85. The topological polar surface area (TPSA) is 67.6 Å². The smallest absolute Gasteiger partial charge is 0.237 e. The molecule has 5 nitrogen and oxygen atoms in total. The minimum atomic E-state index is -0.468. The summed E-state index contributed by atoms with van der Waals surface area (Å²) in [4.78, 5) is 14.7. The molecule has 3 N–H and O–H groups in total. The molecule has 0 aromatic rings. The van der Waals surface area contributed by atoms with Gasteiger partial charge in [0.25, 0.3) is 0 Å². The highest BCUT2D eigenvalue weighted by Gasteiger charge is 2.47. The maximum absolute atomic E-state index is 12.1. The van der Waals surface area contributed by atoms with Crippen molar-refractivity contribution in [3.8, 4) is 0 Å². The van der Waals surface area contributed by atoms with Crippen LogP contribution in [-0.2, 0) is 9.53 Å². The predicted molar refractivity (Wildman–Crippen MR) is 81.9 cm³/mol. The molecule has 1 amide bonds. The monoisotopic (exact) mass is 295 g/mol. The Labute approximate surface area is 127 Å². The summed E-state index contributed by atoms with van der Waals surface area (Å²) in [5.41, 5.74) is 5.32. The van der Waals surface area contributed by atoms with Crippen LogP contribution in [0.1, 0.15) is 51.4 Å². The van der Waals surface area contributed by atoms with E-state index in [2.05, 4.69) is 10.2 Å². The van der Waals surface area contributed by atoms with E-state index < -0.39 is 5.54 Å². The van der Waals surface area contributed by atoms with E-state index in [1.165, 1.54) is 32.1 Å². The van der Waals surface area contributed by atoms with Gasteiger partial charge in [-0.05, 0) is 51.4 Å². The lowest BCUT2D eigenvalue weighted by Crippen LogP contribution is -2.61. The maximum Gasteiger partial charge on any atom is 0.237 e. The van der Waals surface area contributed by atoms with Crippen molar-refractivity contribution in [1.82, 2.24) is 10.2 Å². The van der Waals surface area contributed by atoms with Crippen molar-refractivity contribution >= 4 is 5.91 Å². The van der Waals surface area contributed by atoms with E-state index >= 15 is 0 Å². The summed E-state index contributed by atoms with van der Waals surface area (Å²) in [5.74, 6) is -0.151. The molecular formula is C16H29N3O2. The fourth-order valence-corrected chi connectivity index (χ4v) is 3.84. The SMILES string of the molecule is COCCN(C1CC1)C1CCCC(NC2CC2)(C(N)=O)C1. The molecule has 3 rings (SSSR count). The number of nitrogens with zero attached hydrogens (tertiary/aromatic N) is 1.